The molecule has 1 N–H and O–H groups in total. The van der Waals surface area contributed by atoms with E-state index in [1.54, 1.807) is 59.8 Å². The van der Waals surface area contributed by atoms with Crippen molar-refractivity contribution in [3.05, 3.63) is 126 Å². The number of carbonyl (C=O) groups is 1. The fraction of sp³-hybridized carbons (Fsp3) is 0.125. The zero-order valence-corrected chi connectivity index (χ0v) is 22.2. The van der Waals surface area contributed by atoms with E-state index in [2.05, 4.69) is 10.3 Å². The monoisotopic (exact) mass is 546 g/mol. The number of hydrogen-bond donors (Lipinski definition) is 1. The number of carbonyl (C=O) groups excluding carboxylic acids is 1. The van der Waals surface area contributed by atoms with Gasteiger partial charge in [-0.15, -0.1) is 0 Å². The second kappa shape index (κ2) is 13.0. The Balaban J connectivity index is 1.36. The lowest BCUT2D eigenvalue weighted by Crippen LogP contribution is -2.26. The molecule has 0 saturated heterocycles. The predicted molar refractivity (Wildman–Crippen MR) is 153 cm³/mol. The Morgan fingerprint density at radius 3 is 2.56 bits per heavy atom. The molecule has 8 nitrogen and oxygen atoms in total. The first-order valence-corrected chi connectivity index (χ1v) is 13.1. The summed E-state index contributed by atoms with van der Waals surface area (Å²) >= 11 is 0. The Morgan fingerprint density at radius 1 is 1.05 bits per heavy atom. The van der Waals surface area contributed by atoms with Crippen LogP contribution in [0, 0.1) is 17.1 Å². The molecule has 5 aromatic rings. The average molecular weight is 547 g/mol. The first-order chi connectivity index (χ1) is 20.1. The summed E-state index contributed by atoms with van der Waals surface area (Å²) in [5, 5.41) is 17.4. The van der Waals surface area contributed by atoms with E-state index in [9.17, 15) is 14.4 Å². The van der Waals surface area contributed by atoms with Gasteiger partial charge in [-0.1, -0.05) is 36.4 Å². The lowest BCUT2D eigenvalue weighted by Gasteiger charge is -2.08. The van der Waals surface area contributed by atoms with Gasteiger partial charge in [-0.05, 0) is 55.0 Å². The van der Waals surface area contributed by atoms with Gasteiger partial charge in [-0.2, -0.15) is 10.4 Å². The third kappa shape index (κ3) is 6.94. The van der Waals surface area contributed by atoms with E-state index in [4.69, 9.17) is 9.84 Å². The predicted octanol–water partition coefficient (Wildman–Crippen LogP) is 5.57. The third-order valence-corrected chi connectivity index (χ3v) is 6.35. The maximum atomic E-state index is 13.9. The normalized spacial score (nSPS) is 11.2. The van der Waals surface area contributed by atoms with Crippen LogP contribution in [0.3, 0.4) is 0 Å². The molecular weight excluding hydrogens is 519 g/mol. The molecule has 0 saturated carbocycles. The zero-order valence-electron chi connectivity index (χ0n) is 22.2. The molecule has 0 bridgehead atoms. The van der Waals surface area contributed by atoms with Crippen LogP contribution in [0.1, 0.15) is 17.5 Å². The highest BCUT2D eigenvalue weighted by Gasteiger charge is 2.15. The Morgan fingerprint density at radius 2 is 1.83 bits per heavy atom. The summed E-state index contributed by atoms with van der Waals surface area (Å²) in [6.07, 6.45) is 9.32. The van der Waals surface area contributed by atoms with Gasteiger partial charge in [0.25, 0.3) is 5.91 Å². The van der Waals surface area contributed by atoms with Gasteiger partial charge in [0.1, 0.15) is 29.8 Å². The average Bonchev–Trinajstić information content (AvgIpc) is 3.69. The molecule has 41 heavy (non-hydrogen) atoms. The van der Waals surface area contributed by atoms with Crippen LogP contribution in [0.5, 0.6) is 5.75 Å². The number of benzene rings is 3. The molecule has 0 unspecified atom stereocenters. The summed E-state index contributed by atoms with van der Waals surface area (Å²) < 4.78 is 23.4. The molecule has 0 spiro atoms. The van der Waals surface area contributed by atoms with Crippen molar-refractivity contribution in [2.24, 2.45) is 0 Å². The van der Waals surface area contributed by atoms with Crippen molar-refractivity contribution in [2.75, 3.05) is 6.54 Å². The quantitative estimate of drug-likeness (QED) is 0.133. The van der Waals surface area contributed by atoms with Crippen LogP contribution in [-0.4, -0.2) is 31.8 Å². The highest BCUT2D eigenvalue weighted by molar-refractivity contribution is 6.02. The van der Waals surface area contributed by atoms with Crippen molar-refractivity contribution in [1.29, 1.82) is 5.26 Å². The molecule has 0 atom stereocenters. The number of nitrogens with zero attached hydrogens (tertiary/aromatic N) is 5. The molecule has 2 aromatic heterocycles. The van der Waals surface area contributed by atoms with Crippen molar-refractivity contribution < 1.29 is 13.9 Å². The Hall–Kier alpha value is -5.49. The van der Waals surface area contributed by atoms with Gasteiger partial charge in [-0.25, -0.2) is 14.1 Å². The van der Waals surface area contributed by atoms with Gasteiger partial charge >= 0.3 is 0 Å². The van der Waals surface area contributed by atoms with Gasteiger partial charge in [0.05, 0.1) is 17.7 Å². The van der Waals surface area contributed by atoms with Crippen LogP contribution in [0.2, 0.25) is 0 Å². The zero-order chi connectivity index (χ0) is 28.4. The standard InChI is InChI=1S/C32H27FN6O2/c33-30-10-5-4-7-25(30)22-41-29-13-11-24(12-14-29)31-27(21-39(37-31)28-8-2-1-3-9-28)19-26(20-34)32(40)36-15-6-17-38-18-16-35-23-38/h1-5,7-14,16,18-19,21,23H,6,15,17,22H2,(H,36,40). The van der Waals surface area contributed by atoms with Gasteiger partial charge < -0.3 is 14.6 Å². The first kappa shape index (κ1) is 27.1. The number of imidazole rings is 1. The molecule has 5 rings (SSSR count). The first-order valence-electron chi connectivity index (χ1n) is 13.1. The Kier molecular flexibility index (Phi) is 8.62. The molecule has 9 heteroatoms. The highest BCUT2D eigenvalue weighted by Crippen LogP contribution is 2.28. The summed E-state index contributed by atoms with van der Waals surface area (Å²) in [4.78, 5) is 16.8. The molecule has 1 amide bonds. The summed E-state index contributed by atoms with van der Waals surface area (Å²) in [6, 6.07) is 25.3. The van der Waals surface area contributed by atoms with E-state index in [-0.39, 0.29) is 18.0 Å². The van der Waals surface area contributed by atoms with Crippen molar-refractivity contribution in [1.82, 2.24) is 24.6 Å². The van der Waals surface area contributed by atoms with E-state index in [0.29, 0.717) is 42.1 Å². The molecular formula is C32H27FN6O2. The molecule has 204 valence electrons. The van der Waals surface area contributed by atoms with E-state index in [1.807, 2.05) is 59.3 Å². The number of ether oxygens (including phenoxy) is 1. The van der Waals surface area contributed by atoms with Crippen molar-refractivity contribution in [3.8, 4) is 28.8 Å². The van der Waals surface area contributed by atoms with Crippen LogP contribution >= 0.6 is 0 Å². The maximum Gasteiger partial charge on any atom is 0.261 e. The molecule has 0 fully saturated rings. The minimum absolute atomic E-state index is 0.0219. The number of hydrogen-bond acceptors (Lipinski definition) is 5. The minimum Gasteiger partial charge on any atom is -0.489 e. The van der Waals surface area contributed by atoms with Gasteiger partial charge in [0, 0.05) is 48.4 Å². The summed E-state index contributed by atoms with van der Waals surface area (Å²) in [6.45, 7) is 1.23. The smallest absolute Gasteiger partial charge is 0.261 e. The maximum absolute atomic E-state index is 13.9. The highest BCUT2D eigenvalue weighted by atomic mass is 19.1. The minimum atomic E-state index is -0.451. The van der Waals surface area contributed by atoms with Crippen molar-refractivity contribution >= 4 is 12.0 Å². The van der Waals surface area contributed by atoms with Crippen LogP contribution in [0.15, 0.2) is 109 Å². The number of amides is 1. The van der Waals surface area contributed by atoms with Crippen LogP contribution in [-0.2, 0) is 17.9 Å². The Labute approximate surface area is 237 Å². The lowest BCUT2D eigenvalue weighted by atomic mass is 10.1. The second-order valence-corrected chi connectivity index (χ2v) is 9.20. The van der Waals surface area contributed by atoms with Crippen molar-refractivity contribution in [3.63, 3.8) is 0 Å². The van der Waals surface area contributed by atoms with Crippen LogP contribution in [0.4, 0.5) is 4.39 Å². The van der Waals surface area contributed by atoms with E-state index >= 15 is 0 Å². The van der Waals surface area contributed by atoms with Crippen LogP contribution in [0.25, 0.3) is 23.0 Å². The molecule has 0 radical (unpaired) electrons. The Bertz CT molecular complexity index is 1670. The summed E-state index contributed by atoms with van der Waals surface area (Å²) in [7, 11) is 0. The van der Waals surface area contributed by atoms with E-state index in [1.165, 1.54) is 6.07 Å². The van der Waals surface area contributed by atoms with E-state index in [0.717, 1.165) is 11.3 Å². The number of aromatic nitrogens is 4. The fourth-order valence-corrected chi connectivity index (χ4v) is 4.20. The summed E-state index contributed by atoms with van der Waals surface area (Å²) in [5.74, 6) is -0.194. The van der Waals surface area contributed by atoms with Gasteiger partial charge in [0.2, 0.25) is 0 Å². The number of nitrogens with one attached hydrogen (secondary N) is 1. The molecule has 0 aliphatic heterocycles. The SMILES string of the molecule is N#CC(=Cc1cn(-c2ccccc2)nc1-c1ccc(OCc2ccccc2F)cc1)C(=O)NCCCn1ccnc1. The lowest BCUT2D eigenvalue weighted by molar-refractivity contribution is -0.117. The third-order valence-electron chi connectivity index (χ3n) is 6.35. The number of para-hydroxylation sites is 1. The largest absolute Gasteiger partial charge is 0.489 e. The van der Waals surface area contributed by atoms with Crippen molar-refractivity contribution in [2.45, 2.75) is 19.6 Å². The van der Waals surface area contributed by atoms with E-state index < -0.39 is 5.91 Å². The number of nitriles is 1. The molecule has 0 aliphatic carbocycles. The number of rotatable bonds is 11. The second-order valence-electron chi connectivity index (χ2n) is 9.20. The summed E-state index contributed by atoms with van der Waals surface area (Å²) in [5.41, 5.74) is 3.25. The molecule has 3 aromatic carbocycles. The topological polar surface area (TPSA) is 97.8 Å². The van der Waals surface area contributed by atoms with Gasteiger partial charge in [-0.3, -0.25) is 4.79 Å². The van der Waals surface area contributed by atoms with Gasteiger partial charge in [0.15, 0.2) is 0 Å². The number of aryl methyl sites for hydroxylation is 1. The molecule has 0 aliphatic rings. The van der Waals surface area contributed by atoms with Crippen LogP contribution < -0.4 is 10.1 Å². The molecule has 2 heterocycles. The number of halogens is 1. The fourth-order valence-electron chi connectivity index (χ4n) is 4.20.